The molecule has 0 aliphatic heterocycles. The van der Waals surface area contributed by atoms with Gasteiger partial charge in [0, 0.05) is 5.56 Å². The SMILES string of the molecule is COc1cc(-c2nnc(COC(=O)c3cn(Cc4ccccc4)nn3)o2)cc(OC)c1OC. The van der Waals surface area contributed by atoms with E-state index in [-0.39, 0.29) is 24.1 Å². The quantitative estimate of drug-likeness (QED) is 0.351. The van der Waals surface area contributed by atoms with Crippen molar-refractivity contribution in [2.75, 3.05) is 21.3 Å². The second kappa shape index (κ2) is 9.81. The van der Waals surface area contributed by atoms with Crippen LogP contribution < -0.4 is 14.2 Å². The zero-order valence-electron chi connectivity index (χ0n) is 18.2. The predicted molar refractivity (Wildman–Crippen MR) is 114 cm³/mol. The number of carbonyl (C=O) groups is 1. The molecule has 2 aromatic carbocycles. The van der Waals surface area contributed by atoms with E-state index < -0.39 is 5.97 Å². The zero-order valence-corrected chi connectivity index (χ0v) is 18.2. The van der Waals surface area contributed by atoms with Gasteiger partial charge in [-0.25, -0.2) is 9.48 Å². The van der Waals surface area contributed by atoms with Gasteiger partial charge in [-0.3, -0.25) is 0 Å². The number of methoxy groups -OCH3 is 3. The Bertz CT molecular complexity index is 1210. The van der Waals surface area contributed by atoms with Gasteiger partial charge in [0.2, 0.25) is 11.6 Å². The lowest BCUT2D eigenvalue weighted by Crippen LogP contribution is -2.06. The van der Waals surface area contributed by atoms with Crippen LogP contribution >= 0.6 is 0 Å². The van der Waals surface area contributed by atoms with Crippen molar-refractivity contribution in [2.24, 2.45) is 0 Å². The van der Waals surface area contributed by atoms with E-state index in [9.17, 15) is 4.79 Å². The molecule has 0 fully saturated rings. The first kappa shape index (κ1) is 21.8. The van der Waals surface area contributed by atoms with Gasteiger partial charge in [0.25, 0.3) is 5.89 Å². The fourth-order valence-corrected chi connectivity index (χ4v) is 3.07. The Morgan fingerprint density at radius 1 is 0.970 bits per heavy atom. The fourth-order valence-electron chi connectivity index (χ4n) is 3.07. The van der Waals surface area contributed by atoms with Gasteiger partial charge in [0.15, 0.2) is 23.8 Å². The van der Waals surface area contributed by atoms with Crippen molar-refractivity contribution in [3.63, 3.8) is 0 Å². The molecule has 2 aromatic heterocycles. The number of rotatable bonds is 9. The summed E-state index contributed by atoms with van der Waals surface area (Å²) in [5.41, 5.74) is 1.67. The van der Waals surface area contributed by atoms with Crippen molar-refractivity contribution >= 4 is 5.97 Å². The second-order valence-electron chi connectivity index (χ2n) is 6.78. The number of benzene rings is 2. The Kier molecular flexibility index (Phi) is 6.48. The number of ether oxygens (including phenoxy) is 4. The molecule has 4 rings (SSSR count). The molecule has 11 nitrogen and oxygen atoms in total. The van der Waals surface area contributed by atoms with Gasteiger partial charge in [0.05, 0.1) is 34.1 Å². The number of carbonyl (C=O) groups excluding carboxylic acids is 1. The minimum Gasteiger partial charge on any atom is -0.493 e. The van der Waals surface area contributed by atoms with Crippen LogP contribution in [0.5, 0.6) is 17.2 Å². The molecule has 0 spiro atoms. The molecule has 0 bridgehead atoms. The van der Waals surface area contributed by atoms with E-state index in [4.69, 9.17) is 23.4 Å². The molecule has 33 heavy (non-hydrogen) atoms. The Hall–Kier alpha value is -4.41. The maximum atomic E-state index is 12.3. The van der Waals surface area contributed by atoms with Crippen LogP contribution in [0.15, 0.2) is 53.1 Å². The van der Waals surface area contributed by atoms with E-state index in [2.05, 4.69) is 20.5 Å². The average molecular weight is 451 g/mol. The van der Waals surface area contributed by atoms with E-state index in [0.29, 0.717) is 29.4 Å². The largest absolute Gasteiger partial charge is 0.493 e. The normalized spacial score (nSPS) is 10.6. The molecule has 11 heteroatoms. The molecule has 0 unspecified atom stereocenters. The fraction of sp³-hybridized carbons (Fsp3) is 0.227. The number of nitrogens with zero attached hydrogens (tertiary/aromatic N) is 5. The van der Waals surface area contributed by atoms with Gasteiger partial charge in [-0.2, -0.15) is 0 Å². The minimum atomic E-state index is -0.651. The summed E-state index contributed by atoms with van der Waals surface area (Å²) in [5, 5.41) is 15.7. The van der Waals surface area contributed by atoms with Crippen molar-refractivity contribution < 1.29 is 28.2 Å². The summed E-state index contributed by atoms with van der Waals surface area (Å²) < 4.78 is 28.4. The summed E-state index contributed by atoms with van der Waals surface area (Å²) in [6.07, 6.45) is 1.52. The van der Waals surface area contributed by atoms with Crippen LogP contribution in [0.1, 0.15) is 21.9 Å². The van der Waals surface area contributed by atoms with Gasteiger partial charge in [-0.1, -0.05) is 35.5 Å². The lowest BCUT2D eigenvalue weighted by Gasteiger charge is -2.12. The summed E-state index contributed by atoms with van der Waals surface area (Å²) in [6.45, 7) is 0.269. The van der Waals surface area contributed by atoms with Crippen LogP contribution in [-0.2, 0) is 17.9 Å². The van der Waals surface area contributed by atoms with Crippen LogP contribution in [0, 0.1) is 0 Å². The molecule has 0 radical (unpaired) electrons. The van der Waals surface area contributed by atoms with E-state index in [1.54, 1.807) is 16.8 Å². The molecule has 0 atom stereocenters. The third kappa shape index (κ3) is 4.92. The highest BCUT2D eigenvalue weighted by atomic mass is 16.5. The highest BCUT2D eigenvalue weighted by molar-refractivity contribution is 5.86. The second-order valence-corrected chi connectivity index (χ2v) is 6.78. The Morgan fingerprint density at radius 2 is 1.70 bits per heavy atom. The molecule has 0 aliphatic rings. The maximum Gasteiger partial charge on any atom is 0.361 e. The molecule has 170 valence electrons. The number of hydrogen-bond acceptors (Lipinski definition) is 10. The molecule has 0 saturated heterocycles. The molecular formula is C22H21N5O6. The van der Waals surface area contributed by atoms with Crippen LogP contribution in [0.2, 0.25) is 0 Å². The lowest BCUT2D eigenvalue weighted by atomic mass is 10.2. The molecule has 4 aromatic rings. The van der Waals surface area contributed by atoms with E-state index in [1.807, 2.05) is 30.3 Å². The summed E-state index contributed by atoms with van der Waals surface area (Å²) in [6, 6.07) is 13.1. The van der Waals surface area contributed by atoms with Gasteiger partial charge in [-0.05, 0) is 17.7 Å². The molecular weight excluding hydrogens is 430 g/mol. The average Bonchev–Trinajstić information content (AvgIpc) is 3.52. The van der Waals surface area contributed by atoms with Crippen LogP contribution in [0.25, 0.3) is 11.5 Å². The first-order valence-electron chi connectivity index (χ1n) is 9.85. The number of esters is 1. The summed E-state index contributed by atoms with van der Waals surface area (Å²) in [4.78, 5) is 12.3. The third-order valence-corrected chi connectivity index (χ3v) is 4.64. The highest BCUT2D eigenvalue weighted by Crippen LogP contribution is 2.40. The monoisotopic (exact) mass is 451 g/mol. The lowest BCUT2D eigenvalue weighted by molar-refractivity contribution is 0.0431. The van der Waals surface area contributed by atoms with Gasteiger partial charge in [0.1, 0.15) is 0 Å². The molecule has 0 saturated carbocycles. The predicted octanol–water partition coefficient (Wildman–Crippen LogP) is 2.76. The molecule has 2 heterocycles. The Balaban J connectivity index is 1.41. The Morgan fingerprint density at radius 3 is 2.36 bits per heavy atom. The van der Waals surface area contributed by atoms with E-state index >= 15 is 0 Å². The van der Waals surface area contributed by atoms with Gasteiger partial charge in [-0.15, -0.1) is 15.3 Å². The van der Waals surface area contributed by atoms with Crippen molar-refractivity contribution in [1.82, 2.24) is 25.2 Å². The highest BCUT2D eigenvalue weighted by Gasteiger charge is 2.19. The van der Waals surface area contributed by atoms with Crippen molar-refractivity contribution in [3.8, 4) is 28.7 Å². The van der Waals surface area contributed by atoms with Crippen LogP contribution in [-0.4, -0.2) is 52.5 Å². The van der Waals surface area contributed by atoms with Crippen LogP contribution in [0.3, 0.4) is 0 Å². The smallest absolute Gasteiger partial charge is 0.361 e. The topological polar surface area (TPSA) is 124 Å². The number of aromatic nitrogens is 5. The van der Waals surface area contributed by atoms with Crippen LogP contribution in [0.4, 0.5) is 0 Å². The standard InChI is InChI=1S/C22H21N5O6/c1-29-17-9-15(10-18(30-2)20(17)31-3)21-25-24-19(33-21)13-32-22(28)16-12-27(26-23-16)11-14-7-5-4-6-8-14/h4-10,12H,11,13H2,1-3H3. The van der Waals surface area contributed by atoms with Crippen molar-refractivity contribution in [1.29, 1.82) is 0 Å². The minimum absolute atomic E-state index is 0.0790. The van der Waals surface area contributed by atoms with E-state index in [1.165, 1.54) is 27.5 Å². The first-order chi connectivity index (χ1) is 16.1. The number of hydrogen-bond donors (Lipinski definition) is 0. The zero-order chi connectivity index (χ0) is 23.2. The van der Waals surface area contributed by atoms with Crippen molar-refractivity contribution in [2.45, 2.75) is 13.2 Å². The van der Waals surface area contributed by atoms with Crippen molar-refractivity contribution in [3.05, 3.63) is 65.8 Å². The van der Waals surface area contributed by atoms with Gasteiger partial charge < -0.3 is 23.4 Å². The third-order valence-electron chi connectivity index (χ3n) is 4.64. The molecule has 0 aliphatic carbocycles. The molecule has 0 amide bonds. The Labute approximate surface area is 188 Å². The summed E-state index contributed by atoms with van der Waals surface area (Å²) >= 11 is 0. The molecule has 0 N–H and O–H groups in total. The van der Waals surface area contributed by atoms with Gasteiger partial charge >= 0.3 is 5.97 Å². The van der Waals surface area contributed by atoms with E-state index in [0.717, 1.165) is 5.56 Å². The summed E-state index contributed by atoms with van der Waals surface area (Å²) in [5.74, 6) is 0.991. The first-order valence-corrected chi connectivity index (χ1v) is 9.85. The maximum absolute atomic E-state index is 12.3. The summed E-state index contributed by atoms with van der Waals surface area (Å²) in [7, 11) is 4.53.